The molecule has 6 heteroatoms. The highest BCUT2D eigenvalue weighted by Gasteiger charge is 2.22. The fourth-order valence-electron chi connectivity index (χ4n) is 3.07. The number of aromatic nitrogens is 1. The molecule has 0 aliphatic carbocycles. The van der Waals surface area contributed by atoms with Crippen LogP contribution >= 0.6 is 0 Å². The number of amides is 2. The molecule has 0 aliphatic rings. The number of carbonyl (C=O) groups excluding carboxylic acids is 2. The summed E-state index contributed by atoms with van der Waals surface area (Å²) in [7, 11) is 0. The van der Waals surface area contributed by atoms with Gasteiger partial charge in [-0.1, -0.05) is 62.9 Å². The van der Waals surface area contributed by atoms with E-state index in [0.29, 0.717) is 12.3 Å². The smallest absolute Gasteiger partial charge is 0.220 e. The predicted octanol–water partition coefficient (Wildman–Crippen LogP) is 3.85. The summed E-state index contributed by atoms with van der Waals surface area (Å²) in [4.78, 5) is 28.1. The zero-order valence-corrected chi connectivity index (χ0v) is 16.7. The molecule has 1 atom stereocenters. The molecule has 0 saturated carbocycles. The third-order valence-electron chi connectivity index (χ3n) is 4.63. The van der Waals surface area contributed by atoms with Crippen molar-refractivity contribution in [1.82, 2.24) is 10.3 Å². The van der Waals surface area contributed by atoms with Crippen LogP contribution in [0.4, 0.5) is 0 Å². The van der Waals surface area contributed by atoms with Crippen LogP contribution in [0.2, 0.25) is 0 Å². The normalized spacial score (nSPS) is 11.9. The molecule has 28 heavy (non-hydrogen) atoms. The first-order valence-electron chi connectivity index (χ1n) is 10.1. The number of oxazole rings is 1. The summed E-state index contributed by atoms with van der Waals surface area (Å²) in [6, 6.07) is 9.51. The lowest BCUT2D eigenvalue weighted by atomic mass is 10.1. The monoisotopic (exact) mass is 385 g/mol. The van der Waals surface area contributed by atoms with Crippen molar-refractivity contribution >= 4 is 11.8 Å². The van der Waals surface area contributed by atoms with Gasteiger partial charge in [-0.2, -0.15) is 0 Å². The van der Waals surface area contributed by atoms with Crippen molar-refractivity contribution in [2.75, 3.05) is 0 Å². The van der Waals surface area contributed by atoms with Crippen molar-refractivity contribution in [3.05, 3.63) is 53.7 Å². The van der Waals surface area contributed by atoms with Crippen LogP contribution in [-0.4, -0.2) is 16.8 Å². The molecule has 0 radical (unpaired) electrons. The number of nitrogens with zero attached hydrogens (tertiary/aromatic N) is 1. The van der Waals surface area contributed by atoms with Crippen LogP contribution in [0.25, 0.3) is 0 Å². The number of primary amides is 1. The van der Waals surface area contributed by atoms with Gasteiger partial charge in [0.05, 0.1) is 12.1 Å². The topological polar surface area (TPSA) is 98.2 Å². The van der Waals surface area contributed by atoms with Crippen molar-refractivity contribution in [3.8, 4) is 0 Å². The molecule has 3 N–H and O–H groups in total. The average Bonchev–Trinajstić information content (AvgIpc) is 3.15. The van der Waals surface area contributed by atoms with Crippen LogP contribution in [0.5, 0.6) is 0 Å². The van der Waals surface area contributed by atoms with Gasteiger partial charge < -0.3 is 15.5 Å². The first kappa shape index (κ1) is 21.7. The molecule has 1 aromatic heterocycles. The Morgan fingerprint density at radius 1 is 1.11 bits per heavy atom. The van der Waals surface area contributed by atoms with Crippen LogP contribution in [0.3, 0.4) is 0 Å². The second-order valence-electron chi connectivity index (χ2n) is 7.12. The number of hydrogen-bond acceptors (Lipinski definition) is 4. The van der Waals surface area contributed by atoms with E-state index >= 15 is 0 Å². The first-order valence-corrected chi connectivity index (χ1v) is 10.1. The van der Waals surface area contributed by atoms with Gasteiger partial charge in [-0.05, 0) is 24.8 Å². The molecule has 0 aliphatic heterocycles. The zero-order valence-electron chi connectivity index (χ0n) is 16.7. The molecule has 6 nitrogen and oxygen atoms in total. The van der Waals surface area contributed by atoms with E-state index in [0.717, 1.165) is 37.8 Å². The summed E-state index contributed by atoms with van der Waals surface area (Å²) in [5.74, 6) is -0.273. The molecule has 152 valence electrons. The van der Waals surface area contributed by atoms with E-state index in [1.807, 2.05) is 18.2 Å². The molecule has 0 fully saturated rings. The molecular formula is C22H31N3O3. The van der Waals surface area contributed by atoms with Crippen LogP contribution in [0.15, 0.2) is 41.0 Å². The van der Waals surface area contributed by atoms with Crippen LogP contribution in [0, 0.1) is 0 Å². The van der Waals surface area contributed by atoms with Crippen molar-refractivity contribution in [2.24, 2.45) is 5.73 Å². The summed E-state index contributed by atoms with van der Waals surface area (Å²) >= 11 is 0. The Morgan fingerprint density at radius 2 is 1.86 bits per heavy atom. The quantitative estimate of drug-likeness (QED) is 0.512. The summed E-state index contributed by atoms with van der Waals surface area (Å²) < 4.78 is 5.54. The largest absolute Gasteiger partial charge is 0.446 e. The van der Waals surface area contributed by atoms with Gasteiger partial charge in [0.25, 0.3) is 0 Å². The van der Waals surface area contributed by atoms with Crippen molar-refractivity contribution in [3.63, 3.8) is 0 Å². The SMILES string of the molecule is CCCCCCCC(=O)N[C@H](CC(N)=O)c1nc(CCc2ccccc2)co1. The number of benzene rings is 1. The predicted molar refractivity (Wildman–Crippen MR) is 108 cm³/mol. The van der Waals surface area contributed by atoms with Crippen molar-refractivity contribution < 1.29 is 14.0 Å². The van der Waals surface area contributed by atoms with E-state index in [2.05, 4.69) is 29.4 Å². The minimum atomic E-state index is -0.619. The van der Waals surface area contributed by atoms with E-state index in [1.165, 1.54) is 18.4 Å². The number of carbonyl (C=O) groups is 2. The highest BCUT2D eigenvalue weighted by molar-refractivity contribution is 5.78. The third kappa shape index (κ3) is 7.94. The van der Waals surface area contributed by atoms with E-state index in [-0.39, 0.29) is 12.3 Å². The Labute approximate surface area is 166 Å². The fraction of sp³-hybridized carbons (Fsp3) is 0.500. The molecule has 2 aromatic rings. The molecule has 0 bridgehead atoms. The number of nitrogens with one attached hydrogen (secondary N) is 1. The minimum Gasteiger partial charge on any atom is -0.446 e. The second kappa shape index (κ2) is 12.0. The van der Waals surface area contributed by atoms with E-state index in [1.54, 1.807) is 6.26 Å². The Hall–Kier alpha value is -2.63. The molecule has 0 unspecified atom stereocenters. The van der Waals surface area contributed by atoms with Crippen LogP contribution in [0.1, 0.15) is 75.1 Å². The highest BCUT2D eigenvalue weighted by Crippen LogP contribution is 2.18. The maximum absolute atomic E-state index is 12.2. The minimum absolute atomic E-state index is 0.0276. The fourth-order valence-corrected chi connectivity index (χ4v) is 3.07. The number of nitrogens with two attached hydrogens (primary N) is 1. The third-order valence-corrected chi connectivity index (χ3v) is 4.63. The van der Waals surface area contributed by atoms with Crippen LogP contribution in [-0.2, 0) is 22.4 Å². The van der Waals surface area contributed by atoms with Crippen LogP contribution < -0.4 is 11.1 Å². The summed E-state index contributed by atoms with van der Waals surface area (Å²) in [6.07, 6.45) is 8.92. The van der Waals surface area contributed by atoms with Gasteiger partial charge >= 0.3 is 0 Å². The standard InChI is InChI=1S/C22H31N3O3/c1-2-3-4-5-9-12-21(27)25-19(15-20(23)26)22-24-18(16-28-22)14-13-17-10-7-6-8-11-17/h6-8,10-11,16,19H,2-5,9,12-15H2,1H3,(H2,23,26)(H,25,27)/t19-/m1/s1. The Kier molecular flexibility index (Phi) is 9.25. The lowest BCUT2D eigenvalue weighted by Crippen LogP contribution is -2.31. The molecular weight excluding hydrogens is 354 g/mol. The number of unbranched alkanes of at least 4 members (excludes halogenated alkanes) is 4. The lowest BCUT2D eigenvalue weighted by Gasteiger charge is -2.14. The zero-order chi connectivity index (χ0) is 20.2. The van der Waals surface area contributed by atoms with Crippen molar-refractivity contribution in [2.45, 2.75) is 70.8 Å². The summed E-state index contributed by atoms with van der Waals surface area (Å²) in [5, 5.41) is 2.85. The highest BCUT2D eigenvalue weighted by atomic mass is 16.3. The van der Waals surface area contributed by atoms with Gasteiger partial charge in [-0.3, -0.25) is 9.59 Å². The average molecular weight is 386 g/mol. The maximum atomic E-state index is 12.2. The first-order chi connectivity index (χ1) is 13.6. The Morgan fingerprint density at radius 3 is 2.57 bits per heavy atom. The Bertz CT molecular complexity index is 728. The molecule has 2 rings (SSSR count). The lowest BCUT2D eigenvalue weighted by molar-refractivity contribution is -0.123. The molecule has 0 spiro atoms. The van der Waals surface area contributed by atoms with Gasteiger partial charge in [0.2, 0.25) is 17.7 Å². The van der Waals surface area contributed by atoms with Gasteiger partial charge in [0, 0.05) is 6.42 Å². The molecule has 1 heterocycles. The summed E-state index contributed by atoms with van der Waals surface area (Å²) in [5.41, 5.74) is 7.36. The maximum Gasteiger partial charge on any atom is 0.220 e. The molecule has 2 amide bonds. The molecule has 0 saturated heterocycles. The summed E-state index contributed by atoms with van der Waals surface area (Å²) in [6.45, 7) is 2.16. The van der Waals surface area contributed by atoms with E-state index in [4.69, 9.17) is 10.2 Å². The number of rotatable bonds is 13. The molecule has 1 aromatic carbocycles. The van der Waals surface area contributed by atoms with E-state index in [9.17, 15) is 9.59 Å². The van der Waals surface area contributed by atoms with Crippen molar-refractivity contribution in [1.29, 1.82) is 0 Å². The van der Waals surface area contributed by atoms with Gasteiger partial charge in [-0.25, -0.2) is 4.98 Å². The Balaban J connectivity index is 1.88. The van der Waals surface area contributed by atoms with Gasteiger partial charge in [0.1, 0.15) is 12.3 Å². The number of aryl methyl sites for hydroxylation is 2. The second-order valence-corrected chi connectivity index (χ2v) is 7.12. The van der Waals surface area contributed by atoms with E-state index < -0.39 is 11.9 Å². The van der Waals surface area contributed by atoms with Gasteiger partial charge in [0.15, 0.2) is 0 Å². The number of hydrogen-bond donors (Lipinski definition) is 2. The van der Waals surface area contributed by atoms with Gasteiger partial charge in [-0.15, -0.1) is 0 Å².